The highest BCUT2D eigenvalue weighted by atomic mass is 31.2. The van der Waals surface area contributed by atoms with Gasteiger partial charge in [0.1, 0.15) is 0 Å². The van der Waals surface area contributed by atoms with Crippen molar-refractivity contribution in [1.82, 2.24) is 0 Å². The van der Waals surface area contributed by atoms with Gasteiger partial charge in [0, 0.05) is 15.9 Å². The Morgan fingerprint density at radius 2 is 0.526 bits per heavy atom. The topological polar surface area (TPSA) is 17.1 Å². The monoisotopic (exact) mass is 530 g/mol. The maximum absolute atomic E-state index is 17.0. The van der Waals surface area contributed by atoms with Crippen LogP contribution in [0.5, 0.6) is 0 Å². The molecule has 1 nitrogen and oxygen atoms in total. The van der Waals surface area contributed by atoms with E-state index in [0.29, 0.717) is 0 Å². The quantitative estimate of drug-likeness (QED) is 0.252. The van der Waals surface area contributed by atoms with Gasteiger partial charge in [0.15, 0.2) is 7.14 Å². The van der Waals surface area contributed by atoms with Crippen molar-refractivity contribution in [2.45, 2.75) is 119 Å². The molecule has 0 aliphatic heterocycles. The molecule has 0 saturated carbocycles. The number of benzene rings is 3. The van der Waals surface area contributed by atoms with Crippen LogP contribution in [0.2, 0.25) is 0 Å². The maximum Gasteiger partial charge on any atom is 0.172 e. The molecule has 0 fully saturated rings. The third-order valence-corrected chi connectivity index (χ3v) is 11.4. The fourth-order valence-corrected chi connectivity index (χ4v) is 10.8. The second-order valence-electron chi connectivity index (χ2n) is 12.9. The van der Waals surface area contributed by atoms with E-state index in [2.05, 4.69) is 138 Å². The van der Waals surface area contributed by atoms with Crippen molar-refractivity contribution < 1.29 is 4.57 Å². The van der Waals surface area contributed by atoms with Gasteiger partial charge in [-0.2, -0.15) is 0 Å². The van der Waals surface area contributed by atoms with Crippen LogP contribution in [0.15, 0.2) is 54.6 Å². The van der Waals surface area contributed by atoms with Crippen molar-refractivity contribution in [3.8, 4) is 0 Å². The fraction of sp³-hybridized carbons (Fsp3) is 0.500. The molecule has 0 atom stereocenters. The van der Waals surface area contributed by atoms with E-state index in [1.54, 1.807) is 0 Å². The van der Waals surface area contributed by atoms with Gasteiger partial charge in [-0.05, 0) is 68.9 Å². The van der Waals surface area contributed by atoms with E-state index in [9.17, 15) is 0 Å². The van der Waals surface area contributed by atoms with E-state index in [1.807, 2.05) is 0 Å². The average molecular weight is 531 g/mol. The molecule has 0 heterocycles. The first-order valence-electron chi connectivity index (χ1n) is 14.7. The van der Waals surface area contributed by atoms with Gasteiger partial charge in [0.2, 0.25) is 0 Å². The van der Waals surface area contributed by atoms with E-state index >= 15 is 4.57 Å². The van der Waals surface area contributed by atoms with Crippen LogP contribution >= 0.6 is 7.14 Å². The van der Waals surface area contributed by atoms with Crippen molar-refractivity contribution in [3.63, 3.8) is 0 Å². The van der Waals surface area contributed by atoms with E-state index in [1.165, 1.54) is 33.4 Å². The minimum Gasteiger partial charge on any atom is -0.309 e. The molecule has 0 N–H and O–H groups in total. The van der Waals surface area contributed by atoms with Gasteiger partial charge in [-0.25, -0.2) is 0 Å². The molecule has 3 rings (SSSR count). The minimum atomic E-state index is -3.33. The van der Waals surface area contributed by atoms with Crippen molar-refractivity contribution in [2.75, 3.05) is 0 Å². The summed E-state index contributed by atoms with van der Waals surface area (Å²) in [6.45, 7) is 27.0. The first-order chi connectivity index (χ1) is 17.7. The lowest BCUT2D eigenvalue weighted by molar-refractivity contribution is 0.590. The zero-order valence-electron chi connectivity index (χ0n) is 26.0. The summed E-state index contributed by atoms with van der Waals surface area (Å²) in [6.07, 6.45) is 0. The van der Waals surface area contributed by atoms with Gasteiger partial charge in [0.05, 0.1) is 0 Å². The van der Waals surface area contributed by atoms with E-state index in [-0.39, 0.29) is 35.5 Å². The smallest absolute Gasteiger partial charge is 0.172 e. The largest absolute Gasteiger partial charge is 0.309 e. The highest BCUT2D eigenvalue weighted by molar-refractivity contribution is 7.85. The Morgan fingerprint density at radius 1 is 0.368 bits per heavy atom. The van der Waals surface area contributed by atoms with Gasteiger partial charge in [0.25, 0.3) is 0 Å². The second-order valence-corrected chi connectivity index (χ2v) is 15.5. The Morgan fingerprint density at radius 3 is 0.658 bits per heavy atom. The number of hydrogen-bond acceptors (Lipinski definition) is 1. The Balaban J connectivity index is 2.80. The van der Waals surface area contributed by atoms with Gasteiger partial charge in [-0.1, -0.05) is 138 Å². The molecular weight excluding hydrogens is 479 g/mol. The first kappa shape index (κ1) is 30.4. The Labute approximate surface area is 233 Å². The predicted molar refractivity (Wildman–Crippen MR) is 170 cm³/mol. The third-order valence-electron chi connectivity index (χ3n) is 7.97. The van der Waals surface area contributed by atoms with E-state index in [0.717, 1.165) is 15.9 Å². The summed E-state index contributed by atoms with van der Waals surface area (Å²) < 4.78 is 17.0. The van der Waals surface area contributed by atoms with Crippen molar-refractivity contribution >= 4 is 23.1 Å². The second kappa shape index (κ2) is 12.0. The molecule has 206 valence electrons. The molecule has 0 radical (unpaired) electrons. The zero-order valence-corrected chi connectivity index (χ0v) is 26.9. The summed E-state index contributed by atoms with van der Waals surface area (Å²) in [5.74, 6) is 1.58. The normalized spacial score (nSPS) is 12.7. The summed E-state index contributed by atoms with van der Waals surface area (Å²) in [6, 6.07) is 19.9. The summed E-state index contributed by atoms with van der Waals surface area (Å²) in [7, 11) is -3.33. The highest BCUT2D eigenvalue weighted by Crippen LogP contribution is 2.53. The van der Waals surface area contributed by atoms with Gasteiger partial charge in [-0.15, -0.1) is 0 Å². The van der Waals surface area contributed by atoms with Crippen LogP contribution in [0.4, 0.5) is 0 Å². The fourth-order valence-electron chi connectivity index (χ4n) is 5.96. The van der Waals surface area contributed by atoms with Crippen LogP contribution in [0.3, 0.4) is 0 Å². The molecule has 0 aliphatic carbocycles. The van der Waals surface area contributed by atoms with Crippen molar-refractivity contribution in [2.24, 2.45) is 0 Å². The standard InChI is InChI=1S/C36H51OP/c1-22(2)28-16-13-17-29(23(3)4)34(28)38(37,35-30(24(5)6)18-14-19-31(35)25(7)8)36-32(26(9)10)20-15-21-33(36)27(11)12/h13-27H,1-12H3. The van der Waals surface area contributed by atoms with Crippen LogP contribution in [-0.4, -0.2) is 0 Å². The third kappa shape index (κ3) is 5.47. The Hall–Kier alpha value is -2.11. The van der Waals surface area contributed by atoms with Crippen LogP contribution in [0, 0.1) is 0 Å². The van der Waals surface area contributed by atoms with E-state index in [4.69, 9.17) is 0 Å². The zero-order chi connectivity index (χ0) is 28.5. The molecule has 0 bridgehead atoms. The lowest BCUT2D eigenvalue weighted by Gasteiger charge is -2.35. The summed E-state index contributed by atoms with van der Waals surface area (Å²) in [5.41, 5.74) is 7.34. The SMILES string of the molecule is CC(C)c1cccc(C(C)C)c1P(=O)(c1c(C(C)C)cccc1C(C)C)c1c(C(C)C)cccc1C(C)C. The highest BCUT2D eigenvalue weighted by Gasteiger charge is 2.42. The predicted octanol–water partition coefficient (Wildman–Crippen LogP) is 10.1. The average Bonchev–Trinajstić information content (AvgIpc) is 2.86. The minimum absolute atomic E-state index is 0.263. The molecule has 3 aromatic rings. The molecule has 0 aliphatic rings. The molecule has 0 saturated heterocycles. The molecule has 0 unspecified atom stereocenters. The summed E-state index contributed by atoms with van der Waals surface area (Å²) >= 11 is 0. The van der Waals surface area contributed by atoms with Crippen molar-refractivity contribution in [1.29, 1.82) is 0 Å². The lowest BCUT2D eigenvalue weighted by Crippen LogP contribution is -2.37. The summed E-state index contributed by atoms with van der Waals surface area (Å²) in [5, 5.41) is 3.28. The summed E-state index contributed by atoms with van der Waals surface area (Å²) in [4.78, 5) is 0. The van der Waals surface area contributed by atoms with Crippen LogP contribution in [0.25, 0.3) is 0 Å². The number of hydrogen-bond donors (Lipinski definition) is 0. The maximum atomic E-state index is 17.0. The molecule has 3 aromatic carbocycles. The Kier molecular flexibility index (Phi) is 9.58. The Bertz CT molecular complexity index is 1070. The van der Waals surface area contributed by atoms with Crippen LogP contribution in [-0.2, 0) is 4.57 Å². The van der Waals surface area contributed by atoms with Gasteiger partial charge in [-0.3, -0.25) is 0 Å². The van der Waals surface area contributed by atoms with Gasteiger partial charge >= 0.3 is 0 Å². The van der Waals surface area contributed by atoms with E-state index < -0.39 is 7.14 Å². The lowest BCUT2D eigenvalue weighted by atomic mass is 9.94. The molecule has 0 spiro atoms. The molecular formula is C36H51OP. The van der Waals surface area contributed by atoms with Crippen molar-refractivity contribution in [3.05, 3.63) is 88.0 Å². The van der Waals surface area contributed by atoms with Crippen LogP contribution < -0.4 is 15.9 Å². The van der Waals surface area contributed by atoms with Crippen LogP contribution in [0.1, 0.15) is 152 Å². The molecule has 38 heavy (non-hydrogen) atoms. The van der Waals surface area contributed by atoms with Gasteiger partial charge < -0.3 is 4.57 Å². The molecule has 2 heteroatoms. The number of rotatable bonds is 9. The first-order valence-corrected chi connectivity index (χ1v) is 16.5. The molecule has 0 amide bonds. The molecule has 0 aromatic heterocycles.